The van der Waals surface area contributed by atoms with Gasteiger partial charge in [0.2, 0.25) is 0 Å². The number of aliphatic hydroxyl groups excluding tert-OH is 1. The fraction of sp³-hybridized carbons (Fsp3) is 0.400. The van der Waals surface area contributed by atoms with Crippen LogP contribution < -0.4 is 10.1 Å². The number of methoxy groups -OCH3 is 1. The first kappa shape index (κ1) is 17.0. The van der Waals surface area contributed by atoms with Gasteiger partial charge < -0.3 is 20.1 Å². The molecule has 116 valence electrons. The normalized spacial score (nSPS) is 11.6. The summed E-state index contributed by atoms with van der Waals surface area (Å²) < 4.78 is 18.3. The van der Waals surface area contributed by atoms with E-state index in [1.165, 1.54) is 18.1 Å². The van der Waals surface area contributed by atoms with Gasteiger partial charge in [-0.2, -0.15) is 0 Å². The maximum absolute atomic E-state index is 13.4. The van der Waals surface area contributed by atoms with Crippen LogP contribution in [0, 0.1) is 5.82 Å². The zero-order chi connectivity index (χ0) is 15.8. The van der Waals surface area contributed by atoms with Crippen molar-refractivity contribution in [2.75, 3.05) is 26.8 Å². The number of rotatable bonds is 7. The summed E-state index contributed by atoms with van der Waals surface area (Å²) >= 11 is 0. The molecule has 0 aliphatic rings. The minimum absolute atomic E-state index is 0.125. The van der Waals surface area contributed by atoms with Crippen LogP contribution in [-0.2, 0) is 0 Å². The smallest absolute Gasteiger partial charge is 0.318 e. The number of benzene rings is 1. The molecule has 1 unspecified atom stereocenters. The third-order valence-electron chi connectivity index (χ3n) is 3.02. The molecule has 0 bridgehead atoms. The summed E-state index contributed by atoms with van der Waals surface area (Å²) in [4.78, 5) is 13.5. The molecule has 0 aliphatic heterocycles. The SMILES string of the molecule is C=CCN(CCO)C(=O)NC(C)c1ccc(F)c(OC)c1. The van der Waals surface area contributed by atoms with Gasteiger partial charge in [-0.1, -0.05) is 12.1 Å². The van der Waals surface area contributed by atoms with Crippen molar-refractivity contribution in [2.24, 2.45) is 0 Å². The number of carbonyl (C=O) groups excluding carboxylic acids is 1. The number of nitrogens with one attached hydrogen (secondary N) is 1. The Balaban J connectivity index is 2.77. The summed E-state index contributed by atoms with van der Waals surface area (Å²) in [6.07, 6.45) is 1.58. The zero-order valence-corrected chi connectivity index (χ0v) is 12.3. The number of hydrogen-bond acceptors (Lipinski definition) is 3. The molecule has 1 aromatic rings. The summed E-state index contributed by atoms with van der Waals surface area (Å²) in [5.74, 6) is -0.319. The van der Waals surface area contributed by atoms with Crippen molar-refractivity contribution in [1.82, 2.24) is 10.2 Å². The van der Waals surface area contributed by atoms with Gasteiger partial charge in [-0.05, 0) is 24.6 Å². The molecule has 2 N–H and O–H groups in total. The van der Waals surface area contributed by atoms with Crippen molar-refractivity contribution < 1.29 is 19.0 Å². The number of aliphatic hydroxyl groups is 1. The van der Waals surface area contributed by atoms with Crippen molar-refractivity contribution >= 4 is 6.03 Å². The van der Waals surface area contributed by atoms with Crippen LogP contribution in [0.25, 0.3) is 0 Å². The van der Waals surface area contributed by atoms with E-state index >= 15 is 0 Å². The topological polar surface area (TPSA) is 61.8 Å². The lowest BCUT2D eigenvalue weighted by atomic mass is 10.1. The average Bonchev–Trinajstić information content (AvgIpc) is 2.47. The van der Waals surface area contributed by atoms with Gasteiger partial charge in [-0.25, -0.2) is 9.18 Å². The number of carbonyl (C=O) groups is 1. The monoisotopic (exact) mass is 296 g/mol. The highest BCUT2D eigenvalue weighted by atomic mass is 19.1. The van der Waals surface area contributed by atoms with Crippen molar-refractivity contribution in [2.45, 2.75) is 13.0 Å². The molecule has 0 fully saturated rings. The molecule has 0 heterocycles. The number of halogens is 1. The minimum Gasteiger partial charge on any atom is -0.494 e. The summed E-state index contributed by atoms with van der Waals surface area (Å²) in [6.45, 7) is 5.79. The van der Waals surface area contributed by atoms with Gasteiger partial charge in [0.15, 0.2) is 11.6 Å². The van der Waals surface area contributed by atoms with E-state index in [1.54, 1.807) is 25.1 Å². The highest BCUT2D eigenvalue weighted by Gasteiger charge is 2.16. The summed E-state index contributed by atoms with van der Waals surface area (Å²) in [7, 11) is 1.39. The second kappa shape index (κ2) is 8.26. The summed E-state index contributed by atoms with van der Waals surface area (Å²) in [6, 6.07) is 3.79. The maximum atomic E-state index is 13.4. The number of urea groups is 1. The quantitative estimate of drug-likeness (QED) is 0.757. The Bertz CT molecular complexity index is 494. The van der Waals surface area contributed by atoms with Gasteiger partial charge in [0, 0.05) is 13.1 Å². The van der Waals surface area contributed by atoms with Crippen LogP contribution >= 0.6 is 0 Å². The predicted molar refractivity (Wildman–Crippen MR) is 78.8 cm³/mol. The van der Waals surface area contributed by atoms with Crippen LogP contribution in [0.5, 0.6) is 5.75 Å². The van der Waals surface area contributed by atoms with Crippen LogP contribution in [0.2, 0.25) is 0 Å². The summed E-state index contributed by atoms with van der Waals surface area (Å²) in [5, 5.41) is 11.7. The Morgan fingerprint density at radius 1 is 1.62 bits per heavy atom. The van der Waals surface area contributed by atoms with Crippen LogP contribution in [0.1, 0.15) is 18.5 Å². The molecule has 0 radical (unpaired) electrons. The first-order chi connectivity index (χ1) is 10.0. The molecule has 0 aromatic heterocycles. The number of nitrogens with zero attached hydrogens (tertiary/aromatic N) is 1. The van der Waals surface area contributed by atoms with Crippen molar-refractivity contribution in [3.8, 4) is 5.75 Å². The van der Waals surface area contributed by atoms with E-state index < -0.39 is 5.82 Å². The molecule has 5 nitrogen and oxygen atoms in total. The van der Waals surface area contributed by atoms with Crippen LogP contribution in [0.4, 0.5) is 9.18 Å². The Hall–Kier alpha value is -2.08. The molecular weight excluding hydrogens is 275 g/mol. The summed E-state index contributed by atoms with van der Waals surface area (Å²) in [5.41, 5.74) is 0.726. The average molecular weight is 296 g/mol. The van der Waals surface area contributed by atoms with E-state index in [2.05, 4.69) is 11.9 Å². The van der Waals surface area contributed by atoms with Gasteiger partial charge in [0.05, 0.1) is 19.8 Å². The van der Waals surface area contributed by atoms with Gasteiger partial charge >= 0.3 is 6.03 Å². The van der Waals surface area contributed by atoms with E-state index in [9.17, 15) is 9.18 Å². The van der Waals surface area contributed by atoms with Crippen molar-refractivity contribution in [3.05, 3.63) is 42.2 Å². The molecule has 21 heavy (non-hydrogen) atoms. The van der Waals surface area contributed by atoms with Gasteiger partial charge in [-0.15, -0.1) is 6.58 Å². The molecule has 0 saturated heterocycles. The fourth-order valence-corrected chi connectivity index (χ4v) is 1.86. The molecule has 0 aliphatic carbocycles. The van der Waals surface area contributed by atoms with Crippen LogP contribution in [0.3, 0.4) is 0 Å². The molecule has 6 heteroatoms. The standard InChI is InChI=1S/C15H21FN2O3/c1-4-7-18(8-9-19)15(20)17-11(2)12-5-6-13(16)14(10-12)21-3/h4-6,10-11,19H,1,7-9H2,2-3H3,(H,17,20). The highest BCUT2D eigenvalue weighted by molar-refractivity contribution is 5.74. The highest BCUT2D eigenvalue weighted by Crippen LogP contribution is 2.22. The van der Waals surface area contributed by atoms with Gasteiger partial charge in [0.1, 0.15) is 0 Å². The first-order valence-corrected chi connectivity index (χ1v) is 6.64. The van der Waals surface area contributed by atoms with Gasteiger partial charge in [-0.3, -0.25) is 0 Å². The van der Waals surface area contributed by atoms with E-state index in [-0.39, 0.29) is 31.0 Å². The number of amides is 2. The lowest BCUT2D eigenvalue weighted by Crippen LogP contribution is -2.42. The molecule has 1 rings (SSSR count). The number of ether oxygens (including phenoxy) is 1. The largest absolute Gasteiger partial charge is 0.494 e. The van der Waals surface area contributed by atoms with Crippen molar-refractivity contribution in [3.63, 3.8) is 0 Å². The number of hydrogen-bond donors (Lipinski definition) is 2. The predicted octanol–water partition coefficient (Wildman–Crippen LogP) is 2.09. The van der Waals surface area contributed by atoms with Crippen LogP contribution in [0.15, 0.2) is 30.9 Å². The molecular formula is C15H21FN2O3. The van der Waals surface area contributed by atoms with E-state index in [4.69, 9.17) is 9.84 Å². The van der Waals surface area contributed by atoms with E-state index in [1.807, 2.05) is 0 Å². The second-order valence-electron chi connectivity index (χ2n) is 4.52. The third-order valence-corrected chi connectivity index (χ3v) is 3.02. The molecule has 0 spiro atoms. The Morgan fingerprint density at radius 2 is 2.33 bits per heavy atom. The fourth-order valence-electron chi connectivity index (χ4n) is 1.86. The molecule has 1 aromatic carbocycles. The second-order valence-corrected chi connectivity index (χ2v) is 4.52. The maximum Gasteiger partial charge on any atom is 0.318 e. The Labute approximate surface area is 124 Å². The Kier molecular flexibility index (Phi) is 6.68. The van der Waals surface area contributed by atoms with E-state index in [0.29, 0.717) is 6.54 Å². The Morgan fingerprint density at radius 3 is 2.90 bits per heavy atom. The molecule has 2 amide bonds. The minimum atomic E-state index is -0.451. The van der Waals surface area contributed by atoms with Crippen LogP contribution in [-0.4, -0.2) is 42.8 Å². The van der Waals surface area contributed by atoms with E-state index in [0.717, 1.165) is 5.56 Å². The third kappa shape index (κ3) is 4.75. The van der Waals surface area contributed by atoms with Crippen molar-refractivity contribution in [1.29, 1.82) is 0 Å². The zero-order valence-electron chi connectivity index (χ0n) is 12.3. The first-order valence-electron chi connectivity index (χ1n) is 6.64. The lowest BCUT2D eigenvalue weighted by Gasteiger charge is -2.23. The molecule has 1 atom stereocenters. The molecule has 0 saturated carbocycles. The van der Waals surface area contributed by atoms with Gasteiger partial charge in [0.25, 0.3) is 0 Å². The lowest BCUT2D eigenvalue weighted by molar-refractivity contribution is 0.181.